The van der Waals surface area contributed by atoms with Gasteiger partial charge in [-0.15, -0.1) is 17.9 Å². The predicted molar refractivity (Wildman–Crippen MR) is 138 cm³/mol. The number of hydrogen-bond donors (Lipinski definition) is 0. The van der Waals surface area contributed by atoms with Gasteiger partial charge in [-0.1, -0.05) is 37.6 Å². The van der Waals surface area contributed by atoms with E-state index in [1.54, 1.807) is 58.7 Å². The number of amides is 2. The quantitative estimate of drug-likeness (QED) is 0.219. The molecule has 0 aliphatic heterocycles. The summed E-state index contributed by atoms with van der Waals surface area (Å²) in [5, 5.41) is 1.96. The number of carbonyl (C=O) groups is 2. The first-order valence-corrected chi connectivity index (χ1v) is 12.6. The first-order valence-electron chi connectivity index (χ1n) is 11.7. The molecule has 1 aromatic heterocycles. The fourth-order valence-corrected chi connectivity index (χ4v) is 4.20. The zero-order valence-electron chi connectivity index (χ0n) is 20.0. The highest BCUT2D eigenvalue weighted by molar-refractivity contribution is 7.09. The van der Waals surface area contributed by atoms with Gasteiger partial charge in [0, 0.05) is 23.5 Å². The van der Waals surface area contributed by atoms with Crippen LogP contribution in [0.5, 0.6) is 5.75 Å². The Morgan fingerprint density at radius 3 is 2.40 bits per heavy atom. The molecule has 2 amide bonds. The predicted octanol–water partition coefficient (Wildman–Crippen LogP) is 5.92. The molecule has 5 nitrogen and oxygen atoms in total. The van der Waals surface area contributed by atoms with Crippen LogP contribution in [0.15, 0.2) is 78.7 Å². The van der Waals surface area contributed by atoms with Crippen molar-refractivity contribution in [2.45, 2.75) is 32.9 Å². The Labute approximate surface area is 210 Å². The maximum absolute atomic E-state index is 13.4. The molecule has 0 aliphatic rings. The number of rotatable bonds is 13. The fraction of sp³-hybridized carbons (Fsp3) is 0.286. The first kappa shape index (κ1) is 26.2. The third kappa shape index (κ3) is 8.07. The first-order chi connectivity index (χ1) is 17.0. The van der Waals surface area contributed by atoms with Crippen LogP contribution >= 0.6 is 11.3 Å². The zero-order valence-corrected chi connectivity index (χ0v) is 20.8. The molecule has 184 valence electrons. The second-order valence-corrected chi connectivity index (χ2v) is 9.19. The van der Waals surface area contributed by atoms with E-state index in [0.29, 0.717) is 31.0 Å². The van der Waals surface area contributed by atoms with Crippen LogP contribution < -0.4 is 4.74 Å². The van der Waals surface area contributed by atoms with Gasteiger partial charge in [0.05, 0.1) is 13.2 Å². The second-order valence-electron chi connectivity index (χ2n) is 8.16. The van der Waals surface area contributed by atoms with Crippen molar-refractivity contribution >= 4 is 23.2 Å². The summed E-state index contributed by atoms with van der Waals surface area (Å²) in [6, 6.07) is 17.0. The molecule has 0 unspecified atom stereocenters. The summed E-state index contributed by atoms with van der Waals surface area (Å²) in [7, 11) is 0. The van der Waals surface area contributed by atoms with Crippen molar-refractivity contribution in [1.82, 2.24) is 9.80 Å². The summed E-state index contributed by atoms with van der Waals surface area (Å²) < 4.78 is 19.0. The van der Waals surface area contributed by atoms with Crippen molar-refractivity contribution in [3.05, 3.63) is 101 Å². The lowest BCUT2D eigenvalue weighted by Gasteiger charge is -2.27. The van der Waals surface area contributed by atoms with Crippen LogP contribution in [0.1, 0.15) is 40.6 Å². The molecular weight excluding hydrogens is 463 g/mol. The third-order valence-electron chi connectivity index (χ3n) is 5.40. The Bertz CT molecular complexity index is 1080. The number of thiophene rings is 1. The monoisotopic (exact) mass is 494 g/mol. The van der Waals surface area contributed by atoms with Crippen molar-refractivity contribution in [2.24, 2.45) is 0 Å². The number of unbranched alkanes of at least 4 members (excludes halogenated alkanes) is 1. The van der Waals surface area contributed by atoms with Gasteiger partial charge >= 0.3 is 0 Å². The average molecular weight is 495 g/mol. The van der Waals surface area contributed by atoms with Gasteiger partial charge < -0.3 is 14.5 Å². The molecular formula is C28H31FN2O3S. The lowest BCUT2D eigenvalue weighted by molar-refractivity contribution is -0.133. The van der Waals surface area contributed by atoms with Crippen molar-refractivity contribution in [2.75, 3.05) is 19.7 Å². The molecule has 0 fully saturated rings. The van der Waals surface area contributed by atoms with Crippen LogP contribution in [0.2, 0.25) is 0 Å². The molecule has 3 aromatic rings. The van der Waals surface area contributed by atoms with Gasteiger partial charge in [-0.3, -0.25) is 9.59 Å². The maximum Gasteiger partial charge on any atom is 0.254 e. The Morgan fingerprint density at radius 2 is 1.77 bits per heavy atom. The standard InChI is InChI=1S/C28H31FN2O3S/c1-3-5-17-34-25-14-10-23(11-15-25)28(33)30(16-4-2)21-27(32)31(20-26-7-6-18-35-26)19-22-8-12-24(29)13-9-22/h4,6-15,18H,2-3,5,16-17,19-21H2,1H3. The lowest BCUT2D eigenvalue weighted by atomic mass is 10.1. The van der Waals surface area contributed by atoms with E-state index in [1.807, 2.05) is 17.5 Å². The smallest absolute Gasteiger partial charge is 0.254 e. The summed E-state index contributed by atoms with van der Waals surface area (Å²) in [5.74, 6) is -0.0640. The lowest BCUT2D eigenvalue weighted by Crippen LogP contribution is -2.42. The topological polar surface area (TPSA) is 49.9 Å². The Balaban J connectivity index is 1.72. The molecule has 0 N–H and O–H groups in total. The van der Waals surface area contributed by atoms with E-state index >= 15 is 0 Å². The van der Waals surface area contributed by atoms with Gasteiger partial charge in [-0.25, -0.2) is 4.39 Å². The highest BCUT2D eigenvalue weighted by atomic mass is 32.1. The van der Waals surface area contributed by atoms with Crippen molar-refractivity contribution < 1.29 is 18.7 Å². The highest BCUT2D eigenvalue weighted by Crippen LogP contribution is 2.17. The van der Waals surface area contributed by atoms with Gasteiger partial charge in [-0.05, 0) is 59.8 Å². The second kappa shape index (κ2) is 13.4. The minimum atomic E-state index is -0.325. The summed E-state index contributed by atoms with van der Waals surface area (Å²) >= 11 is 1.56. The van der Waals surface area contributed by atoms with E-state index in [1.165, 1.54) is 17.0 Å². The van der Waals surface area contributed by atoms with Crippen molar-refractivity contribution in [3.63, 3.8) is 0 Å². The molecule has 35 heavy (non-hydrogen) atoms. The Morgan fingerprint density at radius 1 is 1.03 bits per heavy atom. The molecule has 0 atom stereocenters. The van der Waals surface area contributed by atoms with Crippen LogP contribution in [0, 0.1) is 5.82 Å². The molecule has 2 aromatic carbocycles. The van der Waals surface area contributed by atoms with Gasteiger partial charge in [-0.2, -0.15) is 0 Å². The number of ether oxygens (including phenoxy) is 1. The molecule has 1 heterocycles. The molecule has 0 bridgehead atoms. The van der Waals surface area contributed by atoms with Crippen molar-refractivity contribution in [1.29, 1.82) is 0 Å². The van der Waals surface area contributed by atoms with E-state index in [0.717, 1.165) is 23.3 Å². The molecule has 0 radical (unpaired) electrons. The van der Waals surface area contributed by atoms with Gasteiger partial charge in [0.15, 0.2) is 0 Å². The van der Waals surface area contributed by atoms with Crippen molar-refractivity contribution in [3.8, 4) is 5.75 Å². The van der Waals surface area contributed by atoms with Gasteiger partial charge in [0.25, 0.3) is 5.91 Å². The van der Waals surface area contributed by atoms with Gasteiger partial charge in [0.1, 0.15) is 18.1 Å². The van der Waals surface area contributed by atoms with E-state index in [9.17, 15) is 14.0 Å². The van der Waals surface area contributed by atoms with Crippen LogP contribution in [0.4, 0.5) is 4.39 Å². The van der Waals surface area contributed by atoms with Crippen LogP contribution in [0.25, 0.3) is 0 Å². The summed E-state index contributed by atoms with van der Waals surface area (Å²) in [4.78, 5) is 30.8. The molecule has 3 rings (SSSR count). The fourth-order valence-electron chi connectivity index (χ4n) is 3.48. The molecule has 0 spiro atoms. The number of halogens is 1. The minimum Gasteiger partial charge on any atom is -0.494 e. The Kier molecular flexibility index (Phi) is 10.0. The molecule has 0 saturated heterocycles. The normalized spacial score (nSPS) is 10.6. The highest BCUT2D eigenvalue weighted by Gasteiger charge is 2.22. The molecule has 0 saturated carbocycles. The number of carbonyl (C=O) groups excluding carboxylic acids is 2. The summed E-state index contributed by atoms with van der Waals surface area (Å²) in [6.07, 6.45) is 3.62. The SMILES string of the molecule is C=CCN(CC(=O)N(Cc1ccc(F)cc1)Cc1cccs1)C(=O)c1ccc(OCCCC)cc1. The minimum absolute atomic E-state index is 0.0911. The number of benzene rings is 2. The van der Waals surface area contributed by atoms with Crippen LogP contribution in [-0.4, -0.2) is 41.3 Å². The summed E-state index contributed by atoms with van der Waals surface area (Å²) in [6.45, 7) is 7.36. The summed E-state index contributed by atoms with van der Waals surface area (Å²) in [5.41, 5.74) is 1.29. The molecule has 0 aliphatic carbocycles. The van der Waals surface area contributed by atoms with E-state index in [-0.39, 0.29) is 30.7 Å². The van der Waals surface area contributed by atoms with Crippen LogP contribution in [-0.2, 0) is 17.9 Å². The third-order valence-corrected chi connectivity index (χ3v) is 6.26. The maximum atomic E-state index is 13.4. The molecule has 7 heteroatoms. The van der Waals surface area contributed by atoms with Crippen LogP contribution in [0.3, 0.4) is 0 Å². The number of hydrogen-bond acceptors (Lipinski definition) is 4. The van der Waals surface area contributed by atoms with Gasteiger partial charge in [0.2, 0.25) is 5.91 Å². The average Bonchev–Trinajstić information content (AvgIpc) is 3.38. The number of nitrogens with zero attached hydrogens (tertiary/aromatic N) is 2. The van der Waals surface area contributed by atoms with E-state index in [4.69, 9.17) is 4.74 Å². The van der Waals surface area contributed by atoms with E-state index in [2.05, 4.69) is 13.5 Å². The Hall–Kier alpha value is -3.45. The zero-order chi connectivity index (χ0) is 25.0. The van der Waals surface area contributed by atoms with E-state index < -0.39 is 0 Å². The largest absolute Gasteiger partial charge is 0.494 e.